The molecule has 2 rings (SSSR count). The average Bonchev–Trinajstić information content (AvgIpc) is 3.26. The molecule has 0 amide bonds. The van der Waals surface area contributed by atoms with Gasteiger partial charge in [0.2, 0.25) is 0 Å². The number of allylic oxidation sites excluding steroid dienone is 1. The van der Waals surface area contributed by atoms with Gasteiger partial charge in [-0.2, -0.15) is 0 Å². The number of rotatable bonds is 10. The van der Waals surface area contributed by atoms with Crippen LogP contribution in [0.25, 0.3) is 6.08 Å². The highest BCUT2D eigenvalue weighted by molar-refractivity contribution is 7.09. The third-order valence-corrected chi connectivity index (χ3v) is 5.01. The van der Waals surface area contributed by atoms with Gasteiger partial charge in [-0.1, -0.05) is 19.4 Å². The van der Waals surface area contributed by atoms with E-state index < -0.39 is 0 Å². The van der Waals surface area contributed by atoms with Crippen molar-refractivity contribution >= 4 is 29.2 Å². The van der Waals surface area contributed by atoms with Crippen molar-refractivity contribution in [3.63, 3.8) is 0 Å². The van der Waals surface area contributed by atoms with Gasteiger partial charge in [-0.25, -0.2) is 4.98 Å². The zero-order chi connectivity index (χ0) is 18.9. The maximum Gasteiger partial charge on any atom is 0.307 e. The summed E-state index contributed by atoms with van der Waals surface area (Å²) < 4.78 is 6.73. The SMILES string of the molecule is CCCCc1nc(/C=C(\Cc2cccs2)C(C)=O)cn1CCC(=O)OC. The maximum atomic E-state index is 12.0. The van der Waals surface area contributed by atoms with Crippen molar-refractivity contribution in [3.8, 4) is 0 Å². The third-order valence-electron chi connectivity index (χ3n) is 4.14. The van der Waals surface area contributed by atoms with Crippen LogP contribution in [0.5, 0.6) is 0 Å². The summed E-state index contributed by atoms with van der Waals surface area (Å²) in [4.78, 5) is 29.3. The molecule has 0 aliphatic rings. The number of Topliss-reactive ketones (excluding diaryl/α,β-unsaturated/α-hetero) is 1. The van der Waals surface area contributed by atoms with Crippen LogP contribution in [-0.4, -0.2) is 28.4 Å². The second-order valence-corrected chi connectivity index (χ2v) is 7.22. The zero-order valence-corrected chi connectivity index (χ0v) is 16.5. The predicted octanol–water partition coefficient (Wildman–Crippen LogP) is 4.07. The number of methoxy groups -OCH3 is 1. The monoisotopic (exact) mass is 374 g/mol. The van der Waals surface area contributed by atoms with Crippen LogP contribution in [0, 0.1) is 0 Å². The lowest BCUT2D eigenvalue weighted by Crippen LogP contribution is -2.09. The second-order valence-electron chi connectivity index (χ2n) is 6.19. The summed E-state index contributed by atoms with van der Waals surface area (Å²) in [6, 6.07) is 4.02. The Morgan fingerprint density at radius 2 is 2.19 bits per heavy atom. The van der Waals surface area contributed by atoms with E-state index in [1.54, 1.807) is 18.3 Å². The summed E-state index contributed by atoms with van der Waals surface area (Å²) in [5.41, 5.74) is 1.51. The van der Waals surface area contributed by atoms with Crippen LogP contribution in [0.2, 0.25) is 0 Å². The van der Waals surface area contributed by atoms with Crippen molar-refractivity contribution in [2.75, 3.05) is 7.11 Å². The molecule has 0 bridgehead atoms. The lowest BCUT2D eigenvalue weighted by atomic mass is 10.1. The zero-order valence-electron chi connectivity index (χ0n) is 15.7. The van der Waals surface area contributed by atoms with Crippen LogP contribution in [-0.2, 0) is 33.7 Å². The Hall–Kier alpha value is -2.21. The Morgan fingerprint density at radius 1 is 1.38 bits per heavy atom. The fourth-order valence-corrected chi connectivity index (χ4v) is 3.37. The van der Waals surface area contributed by atoms with Gasteiger partial charge in [0.25, 0.3) is 0 Å². The molecule has 0 radical (unpaired) electrons. The number of nitrogens with zero attached hydrogens (tertiary/aromatic N) is 2. The molecule has 0 saturated carbocycles. The van der Waals surface area contributed by atoms with E-state index in [1.165, 1.54) is 7.11 Å². The molecule has 2 aromatic heterocycles. The van der Waals surface area contributed by atoms with Crippen molar-refractivity contribution in [2.24, 2.45) is 0 Å². The molecule has 0 unspecified atom stereocenters. The number of imidazole rings is 1. The molecule has 0 N–H and O–H groups in total. The summed E-state index contributed by atoms with van der Waals surface area (Å²) in [5.74, 6) is 0.762. The Morgan fingerprint density at radius 3 is 2.81 bits per heavy atom. The molecular weight excluding hydrogens is 348 g/mol. The normalized spacial score (nSPS) is 11.6. The summed E-state index contributed by atoms with van der Waals surface area (Å²) in [5, 5.41) is 2.01. The van der Waals surface area contributed by atoms with Crippen LogP contribution in [0.3, 0.4) is 0 Å². The minimum absolute atomic E-state index is 0.0534. The smallest absolute Gasteiger partial charge is 0.307 e. The van der Waals surface area contributed by atoms with E-state index in [2.05, 4.69) is 11.9 Å². The first-order valence-electron chi connectivity index (χ1n) is 8.90. The maximum absolute atomic E-state index is 12.0. The van der Waals surface area contributed by atoms with E-state index in [1.807, 2.05) is 34.4 Å². The van der Waals surface area contributed by atoms with Crippen molar-refractivity contribution < 1.29 is 14.3 Å². The largest absolute Gasteiger partial charge is 0.469 e. The number of ketones is 1. The molecule has 26 heavy (non-hydrogen) atoms. The third kappa shape index (κ3) is 5.95. The number of carbonyl (C=O) groups is 2. The second kappa shape index (κ2) is 10.1. The molecule has 0 aromatic carbocycles. The minimum Gasteiger partial charge on any atom is -0.469 e. The highest BCUT2D eigenvalue weighted by atomic mass is 32.1. The average molecular weight is 375 g/mol. The van der Waals surface area contributed by atoms with Gasteiger partial charge >= 0.3 is 5.97 Å². The van der Waals surface area contributed by atoms with Crippen molar-refractivity contribution in [2.45, 2.75) is 52.5 Å². The van der Waals surface area contributed by atoms with Gasteiger partial charge < -0.3 is 9.30 Å². The topological polar surface area (TPSA) is 61.2 Å². The van der Waals surface area contributed by atoms with Crippen LogP contribution in [0.4, 0.5) is 0 Å². The van der Waals surface area contributed by atoms with Gasteiger partial charge in [0.1, 0.15) is 5.82 Å². The summed E-state index contributed by atoms with van der Waals surface area (Å²) in [6.07, 6.45) is 7.68. The lowest BCUT2D eigenvalue weighted by molar-refractivity contribution is -0.140. The Bertz CT molecular complexity index is 760. The summed E-state index contributed by atoms with van der Waals surface area (Å²) >= 11 is 1.64. The molecule has 2 heterocycles. The molecule has 0 spiro atoms. The van der Waals surface area contributed by atoms with Crippen molar-refractivity contribution in [1.82, 2.24) is 9.55 Å². The van der Waals surface area contributed by atoms with E-state index in [0.717, 1.165) is 41.2 Å². The number of esters is 1. The first-order valence-corrected chi connectivity index (χ1v) is 9.78. The predicted molar refractivity (Wildman–Crippen MR) is 104 cm³/mol. The molecule has 0 aliphatic carbocycles. The van der Waals surface area contributed by atoms with E-state index in [9.17, 15) is 9.59 Å². The van der Waals surface area contributed by atoms with Crippen LogP contribution < -0.4 is 0 Å². The fraction of sp³-hybridized carbons (Fsp3) is 0.450. The number of carbonyl (C=O) groups excluding carboxylic acids is 2. The van der Waals surface area contributed by atoms with Crippen molar-refractivity contribution in [3.05, 3.63) is 45.7 Å². The number of ether oxygens (including phenoxy) is 1. The van der Waals surface area contributed by atoms with Gasteiger partial charge in [0.15, 0.2) is 5.78 Å². The van der Waals surface area contributed by atoms with E-state index >= 15 is 0 Å². The number of hydrogen-bond donors (Lipinski definition) is 0. The molecule has 0 aliphatic heterocycles. The van der Waals surface area contributed by atoms with Gasteiger partial charge in [-0.3, -0.25) is 9.59 Å². The van der Waals surface area contributed by atoms with Crippen LogP contribution in [0.15, 0.2) is 29.3 Å². The molecule has 2 aromatic rings. The van der Waals surface area contributed by atoms with Crippen molar-refractivity contribution in [1.29, 1.82) is 0 Å². The number of hydrogen-bond acceptors (Lipinski definition) is 5. The minimum atomic E-state index is -0.237. The Balaban J connectivity index is 2.23. The Labute approximate surface area is 158 Å². The van der Waals surface area contributed by atoms with E-state index in [0.29, 0.717) is 19.4 Å². The highest BCUT2D eigenvalue weighted by Gasteiger charge is 2.12. The molecular formula is C20H26N2O3S. The van der Waals surface area contributed by atoms with Gasteiger partial charge in [0.05, 0.1) is 19.2 Å². The van der Waals surface area contributed by atoms with Gasteiger partial charge in [0, 0.05) is 36.0 Å². The Kier molecular flexibility index (Phi) is 7.78. The number of thiophene rings is 1. The van der Waals surface area contributed by atoms with Gasteiger partial charge in [-0.15, -0.1) is 11.3 Å². The lowest BCUT2D eigenvalue weighted by Gasteiger charge is -2.06. The van der Waals surface area contributed by atoms with E-state index in [-0.39, 0.29) is 11.8 Å². The van der Waals surface area contributed by atoms with E-state index in [4.69, 9.17) is 4.74 Å². The highest BCUT2D eigenvalue weighted by Crippen LogP contribution is 2.18. The number of unbranched alkanes of at least 4 members (excludes halogenated alkanes) is 1. The van der Waals surface area contributed by atoms with Crippen LogP contribution in [0.1, 0.15) is 49.5 Å². The molecule has 140 valence electrons. The molecule has 0 atom stereocenters. The molecule has 5 nitrogen and oxygen atoms in total. The van der Waals surface area contributed by atoms with Crippen LogP contribution >= 0.6 is 11.3 Å². The molecule has 0 fully saturated rings. The molecule has 6 heteroatoms. The number of aryl methyl sites for hydroxylation is 2. The fourth-order valence-electron chi connectivity index (χ4n) is 2.64. The summed E-state index contributed by atoms with van der Waals surface area (Å²) in [7, 11) is 1.39. The quantitative estimate of drug-likeness (QED) is 0.465. The summed E-state index contributed by atoms with van der Waals surface area (Å²) in [6.45, 7) is 4.26. The first-order chi connectivity index (χ1) is 12.5. The van der Waals surface area contributed by atoms with Gasteiger partial charge in [-0.05, 0) is 30.9 Å². The number of aromatic nitrogens is 2. The molecule has 0 saturated heterocycles. The standard InChI is InChI=1S/C20H26N2O3S/c1-4-5-8-19-21-17(14-22(19)10-9-20(24)25-3)12-16(15(2)23)13-18-7-6-11-26-18/h6-7,11-12,14H,4-5,8-10,13H2,1-3H3/b16-12+. The first kappa shape index (κ1) is 20.1.